The van der Waals surface area contributed by atoms with E-state index in [9.17, 15) is 0 Å². The lowest BCUT2D eigenvalue weighted by Crippen LogP contribution is -2.50. The number of methoxy groups -OCH3 is 1. The van der Waals surface area contributed by atoms with Crippen molar-refractivity contribution in [1.29, 1.82) is 0 Å². The molecule has 2 unspecified atom stereocenters. The highest BCUT2D eigenvalue weighted by Crippen LogP contribution is 2.30. The van der Waals surface area contributed by atoms with E-state index in [1.807, 2.05) is 18.2 Å². The van der Waals surface area contributed by atoms with E-state index in [-0.39, 0.29) is 11.6 Å². The Morgan fingerprint density at radius 3 is 2.83 bits per heavy atom. The molecular formula is C15H23NO2. The van der Waals surface area contributed by atoms with Crippen molar-refractivity contribution in [3.05, 3.63) is 29.8 Å². The Labute approximate surface area is 109 Å². The van der Waals surface area contributed by atoms with Crippen molar-refractivity contribution >= 4 is 0 Å². The summed E-state index contributed by atoms with van der Waals surface area (Å²) in [5.74, 6) is 0.910. The molecule has 0 saturated carbocycles. The number of para-hydroxylation sites is 1. The molecule has 1 fully saturated rings. The monoisotopic (exact) mass is 249 g/mol. The summed E-state index contributed by atoms with van der Waals surface area (Å²) in [7, 11) is 1.70. The van der Waals surface area contributed by atoms with E-state index in [0.717, 1.165) is 37.2 Å². The lowest BCUT2D eigenvalue weighted by atomic mass is 9.85. The molecule has 0 amide bonds. The molecule has 1 aliphatic heterocycles. The van der Waals surface area contributed by atoms with Crippen molar-refractivity contribution < 1.29 is 9.47 Å². The molecular weight excluding hydrogens is 226 g/mol. The Balaban J connectivity index is 2.08. The van der Waals surface area contributed by atoms with E-state index in [1.54, 1.807) is 7.11 Å². The average molecular weight is 249 g/mol. The van der Waals surface area contributed by atoms with Gasteiger partial charge >= 0.3 is 0 Å². The predicted molar refractivity (Wildman–Crippen MR) is 72.9 cm³/mol. The molecule has 3 nitrogen and oxygen atoms in total. The summed E-state index contributed by atoms with van der Waals surface area (Å²) < 4.78 is 11.3. The van der Waals surface area contributed by atoms with Crippen LogP contribution < -0.4 is 10.5 Å². The van der Waals surface area contributed by atoms with Crippen LogP contribution in [0.15, 0.2) is 24.3 Å². The molecule has 18 heavy (non-hydrogen) atoms. The van der Waals surface area contributed by atoms with Crippen molar-refractivity contribution in [3.63, 3.8) is 0 Å². The summed E-state index contributed by atoms with van der Waals surface area (Å²) in [5, 5.41) is 0. The first kappa shape index (κ1) is 13.4. The second-order valence-corrected chi connectivity index (χ2v) is 5.24. The number of hydrogen-bond donors (Lipinski definition) is 1. The fraction of sp³-hybridized carbons (Fsp3) is 0.600. The van der Waals surface area contributed by atoms with E-state index in [0.29, 0.717) is 0 Å². The Morgan fingerprint density at radius 2 is 2.17 bits per heavy atom. The van der Waals surface area contributed by atoms with Crippen molar-refractivity contribution in [2.75, 3.05) is 13.7 Å². The van der Waals surface area contributed by atoms with Gasteiger partial charge in [-0.15, -0.1) is 0 Å². The van der Waals surface area contributed by atoms with Gasteiger partial charge in [-0.2, -0.15) is 0 Å². The molecule has 2 atom stereocenters. The quantitative estimate of drug-likeness (QED) is 0.891. The predicted octanol–water partition coefficient (Wildman–Crippen LogP) is 2.52. The summed E-state index contributed by atoms with van der Waals surface area (Å²) in [5.41, 5.74) is 7.32. The number of benzene rings is 1. The minimum atomic E-state index is -0.195. The number of hydrogen-bond acceptors (Lipinski definition) is 3. The van der Waals surface area contributed by atoms with Crippen LogP contribution in [0.1, 0.15) is 31.7 Å². The topological polar surface area (TPSA) is 44.5 Å². The zero-order valence-corrected chi connectivity index (χ0v) is 11.3. The van der Waals surface area contributed by atoms with Gasteiger partial charge in [0.15, 0.2) is 0 Å². The largest absolute Gasteiger partial charge is 0.496 e. The van der Waals surface area contributed by atoms with Gasteiger partial charge in [0.05, 0.1) is 12.7 Å². The van der Waals surface area contributed by atoms with Crippen LogP contribution >= 0.6 is 0 Å². The fourth-order valence-corrected chi connectivity index (χ4v) is 2.57. The number of nitrogens with two attached hydrogens (primary N) is 1. The van der Waals surface area contributed by atoms with Crippen molar-refractivity contribution in [2.24, 2.45) is 5.73 Å². The van der Waals surface area contributed by atoms with Gasteiger partial charge in [0.1, 0.15) is 5.75 Å². The van der Waals surface area contributed by atoms with E-state index in [4.69, 9.17) is 15.2 Å². The first-order chi connectivity index (χ1) is 8.65. The third-order valence-electron chi connectivity index (χ3n) is 3.92. The maximum absolute atomic E-state index is 6.36. The molecule has 100 valence electrons. The van der Waals surface area contributed by atoms with Gasteiger partial charge in [-0.05, 0) is 44.2 Å². The van der Waals surface area contributed by atoms with Crippen LogP contribution in [0.25, 0.3) is 0 Å². The van der Waals surface area contributed by atoms with Gasteiger partial charge < -0.3 is 15.2 Å². The van der Waals surface area contributed by atoms with E-state index < -0.39 is 0 Å². The molecule has 1 aromatic carbocycles. The van der Waals surface area contributed by atoms with Gasteiger partial charge in [0.25, 0.3) is 0 Å². The molecule has 1 saturated heterocycles. The van der Waals surface area contributed by atoms with Crippen molar-refractivity contribution in [1.82, 2.24) is 0 Å². The van der Waals surface area contributed by atoms with Gasteiger partial charge in [0, 0.05) is 12.6 Å². The molecule has 2 N–H and O–H groups in total. The zero-order chi connectivity index (χ0) is 13.0. The highest BCUT2D eigenvalue weighted by Gasteiger charge is 2.34. The Hall–Kier alpha value is -1.06. The SMILES string of the molecule is COc1ccccc1CC(N)C1(C)CCCCO1. The average Bonchev–Trinajstić information content (AvgIpc) is 2.40. The van der Waals surface area contributed by atoms with Crippen LogP contribution in [0.5, 0.6) is 5.75 Å². The molecule has 3 heteroatoms. The normalized spacial score (nSPS) is 25.7. The standard InChI is InChI=1S/C15H23NO2/c1-15(9-5-6-10-18-15)14(16)11-12-7-3-4-8-13(12)17-2/h3-4,7-8,14H,5-6,9-11,16H2,1-2H3. The first-order valence-electron chi connectivity index (χ1n) is 6.67. The third kappa shape index (κ3) is 2.85. The summed E-state index contributed by atoms with van der Waals surface area (Å²) in [4.78, 5) is 0. The lowest BCUT2D eigenvalue weighted by molar-refractivity contribution is -0.0809. The van der Waals surface area contributed by atoms with Crippen LogP contribution in [0, 0.1) is 0 Å². The summed E-state index contributed by atoms with van der Waals surface area (Å²) in [6, 6.07) is 8.06. The minimum absolute atomic E-state index is 0.00843. The van der Waals surface area contributed by atoms with Gasteiger partial charge in [-0.25, -0.2) is 0 Å². The van der Waals surface area contributed by atoms with Crippen LogP contribution in [0.3, 0.4) is 0 Å². The number of rotatable bonds is 4. The van der Waals surface area contributed by atoms with Crippen LogP contribution in [-0.2, 0) is 11.2 Å². The molecule has 2 rings (SSSR count). The molecule has 0 radical (unpaired) electrons. The maximum Gasteiger partial charge on any atom is 0.122 e. The van der Waals surface area contributed by atoms with Crippen molar-refractivity contribution in [2.45, 2.75) is 44.2 Å². The maximum atomic E-state index is 6.36. The Morgan fingerprint density at radius 1 is 1.39 bits per heavy atom. The minimum Gasteiger partial charge on any atom is -0.496 e. The van der Waals surface area contributed by atoms with Gasteiger partial charge in [-0.3, -0.25) is 0 Å². The summed E-state index contributed by atoms with van der Waals surface area (Å²) in [6.07, 6.45) is 4.19. The van der Waals surface area contributed by atoms with Crippen LogP contribution in [0.4, 0.5) is 0 Å². The van der Waals surface area contributed by atoms with E-state index >= 15 is 0 Å². The Bertz CT molecular complexity index is 386. The van der Waals surface area contributed by atoms with Crippen molar-refractivity contribution in [3.8, 4) is 5.75 Å². The third-order valence-corrected chi connectivity index (χ3v) is 3.92. The van der Waals surface area contributed by atoms with Gasteiger partial charge in [-0.1, -0.05) is 18.2 Å². The molecule has 0 aliphatic carbocycles. The molecule has 1 heterocycles. The highest BCUT2D eigenvalue weighted by atomic mass is 16.5. The Kier molecular flexibility index (Phi) is 4.25. The summed E-state index contributed by atoms with van der Waals surface area (Å²) >= 11 is 0. The zero-order valence-electron chi connectivity index (χ0n) is 11.3. The highest BCUT2D eigenvalue weighted by molar-refractivity contribution is 5.34. The summed E-state index contributed by atoms with van der Waals surface area (Å²) in [6.45, 7) is 2.96. The molecule has 0 spiro atoms. The smallest absolute Gasteiger partial charge is 0.122 e. The molecule has 1 aromatic rings. The molecule has 0 bridgehead atoms. The first-order valence-corrected chi connectivity index (χ1v) is 6.67. The lowest BCUT2D eigenvalue weighted by Gasteiger charge is -2.39. The van der Waals surface area contributed by atoms with Crippen LogP contribution in [0.2, 0.25) is 0 Å². The molecule has 0 aromatic heterocycles. The van der Waals surface area contributed by atoms with Crippen LogP contribution in [-0.4, -0.2) is 25.4 Å². The fourth-order valence-electron chi connectivity index (χ4n) is 2.57. The second kappa shape index (κ2) is 5.72. The molecule has 1 aliphatic rings. The number of ether oxygens (including phenoxy) is 2. The van der Waals surface area contributed by atoms with E-state index in [1.165, 1.54) is 6.42 Å². The second-order valence-electron chi connectivity index (χ2n) is 5.24. The van der Waals surface area contributed by atoms with Gasteiger partial charge in [0.2, 0.25) is 0 Å². The van der Waals surface area contributed by atoms with E-state index in [2.05, 4.69) is 13.0 Å².